The molecule has 5 atom stereocenters. The van der Waals surface area contributed by atoms with Gasteiger partial charge >= 0.3 is 5.97 Å². The number of phenols is 2. The van der Waals surface area contributed by atoms with Crippen molar-refractivity contribution in [2.75, 3.05) is 26.4 Å². The first kappa shape index (κ1) is 24.8. The smallest absolute Gasteiger partial charge is 0.331 e. The number of carbonyl (C=O) groups excluding carboxylic acids is 1. The van der Waals surface area contributed by atoms with Crippen molar-refractivity contribution in [2.24, 2.45) is 0 Å². The number of hydrogen-bond acceptors (Lipinski definition) is 11. The van der Waals surface area contributed by atoms with E-state index in [0.29, 0.717) is 11.1 Å². The number of benzene rings is 1. The minimum Gasteiger partial charge on any atom is -0.504 e. The highest BCUT2D eigenvalue weighted by Gasteiger charge is 2.47. The predicted octanol–water partition coefficient (Wildman–Crippen LogP) is -1.61. The fourth-order valence-electron chi connectivity index (χ4n) is 2.80. The number of hydrogen-bond donors (Lipinski definition) is 7. The van der Waals surface area contributed by atoms with Crippen LogP contribution in [0.25, 0.3) is 6.08 Å². The largest absolute Gasteiger partial charge is 0.504 e. The van der Waals surface area contributed by atoms with Crippen LogP contribution in [0, 0.1) is 0 Å². The average Bonchev–Trinajstić information content (AvgIpc) is 2.76. The SMILES string of the molecule is O=C(C=Cc1ccc(O)c(O)c1)OC1C(O)C(CO)OC(OCC(=CCO)CO)C1O. The molecule has 5 unspecified atom stereocenters. The molecule has 11 heteroatoms. The first-order valence-electron chi connectivity index (χ1n) is 9.35. The highest BCUT2D eigenvalue weighted by molar-refractivity contribution is 5.87. The van der Waals surface area contributed by atoms with E-state index in [1.54, 1.807) is 0 Å². The van der Waals surface area contributed by atoms with E-state index in [0.717, 1.165) is 6.08 Å². The molecule has 1 heterocycles. The molecule has 31 heavy (non-hydrogen) atoms. The number of ether oxygens (including phenoxy) is 3. The number of aliphatic hydroxyl groups excluding tert-OH is 5. The van der Waals surface area contributed by atoms with Gasteiger partial charge in [0, 0.05) is 6.08 Å². The van der Waals surface area contributed by atoms with Crippen LogP contribution >= 0.6 is 0 Å². The van der Waals surface area contributed by atoms with Crippen molar-refractivity contribution < 1.29 is 54.8 Å². The molecule has 0 aromatic heterocycles. The van der Waals surface area contributed by atoms with E-state index >= 15 is 0 Å². The van der Waals surface area contributed by atoms with E-state index in [-0.39, 0.29) is 24.7 Å². The Labute approximate surface area is 177 Å². The Morgan fingerprint density at radius 2 is 1.84 bits per heavy atom. The van der Waals surface area contributed by atoms with Gasteiger partial charge in [0.15, 0.2) is 23.9 Å². The third-order valence-electron chi connectivity index (χ3n) is 4.50. The summed E-state index contributed by atoms with van der Waals surface area (Å²) in [6.07, 6.45) is -3.73. The zero-order valence-corrected chi connectivity index (χ0v) is 16.4. The fourth-order valence-corrected chi connectivity index (χ4v) is 2.80. The molecule has 172 valence electrons. The third kappa shape index (κ3) is 6.74. The van der Waals surface area contributed by atoms with Crippen molar-refractivity contribution in [3.8, 4) is 11.5 Å². The molecule has 1 saturated heterocycles. The zero-order chi connectivity index (χ0) is 23.0. The highest BCUT2D eigenvalue weighted by Crippen LogP contribution is 2.26. The van der Waals surface area contributed by atoms with Crippen molar-refractivity contribution in [3.05, 3.63) is 41.5 Å². The summed E-state index contributed by atoms with van der Waals surface area (Å²) in [6, 6.07) is 3.87. The van der Waals surface area contributed by atoms with Gasteiger partial charge in [-0.25, -0.2) is 4.79 Å². The molecule has 0 bridgehead atoms. The van der Waals surface area contributed by atoms with Crippen LogP contribution in [0.1, 0.15) is 5.56 Å². The van der Waals surface area contributed by atoms with Gasteiger partial charge in [0.2, 0.25) is 0 Å². The van der Waals surface area contributed by atoms with Crippen LogP contribution in [0.2, 0.25) is 0 Å². The van der Waals surface area contributed by atoms with Crippen LogP contribution in [0.3, 0.4) is 0 Å². The van der Waals surface area contributed by atoms with Crippen LogP contribution in [-0.4, -0.2) is 98.8 Å². The number of aromatic hydroxyl groups is 2. The maximum absolute atomic E-state index is 12.2. The van der Waals surface area contributed by atoms with Crippen LogP contribution in [0.4, 0.5) is 0 Å². The van der Waals surface area contributed by atoms with E-state index in [9.17, 15) is 35.4 Å². The lowest BCUT2D eigenvalue weighted by Gasteiger charge is -2.41. The normalized spacial score (nSPS) is 26.9. The van der Waals surface area contributed by atoms with Crippen LogP contribution in [-0.2, 0) is 19.0 Å². The lowest BCUT2D eigenvalue weighted by molar-refractivity contribution is -0.300. The number of carbonyl (C=O) groups is 1. The van der Waals surface area contributed by atoms with Crippen molar-refractivity contribution in [2.45, 2.75) is 30.7 Å². The second-order valence-electron chi connectivity index (χ2n) is 6.70. The summed E-state index contributed by atoms with van der Waals surface area (Å²) >= 11 is 0. The van der Waals surface area contributed by atoms with E-state index in [2.05, 4.69) is 0 Å². The predicted molar refractivity (Wildman–Crippen MR) is 105 cm³/mol. The summed E-state index contributed by atoms with van der Waals surface area (Å²) < 4.78 is 15.8. The maximum atomic E-state index is 12.2. The first-order valence-corrected chi connectivity index (χ1v) is 9.35. The first-order chi connectivity index (χ1) is 14.8. The Hall–Kier alpha value is -2.51. The van der Waals surface area contributed by atoms with Crippen molar-refractivity contribution in [3.63, 3.8) is 0 Å². The van der Waals surface area contributed by atoms with Gasteiger partial charge in [0.05, 0.1) is 26.4 Å². The van der Waals surface area contributed by atoms with Crippen molar-refractivity contribution in [1.82, 2.24) is 0 Å². The molecule has 1 aromatic rings. The summed E-state index contributed by atoms with van der Waals surface area (Å²) in [5.74, 6) is -1.65. The van der Waals surface area contributed by atoms with Gasteiger partial charge in [0.1, 0.15) is 18.3 Å². The summed E-state index contributed by atoms with van der Waals surface area (Å²) in [6.45, 7) is -1.62. The quantitative estimate of drug-likeness (QED) is 0.101. The van der Waals surface area contributed by atoms with Gasteiger partial charge in [-0.15, -0.1) is 0 Å². The van der Waals surface area contributed by atoms with Gasteiger partial charge in [-0.1, -0.05) is 12.1 Å². The fraction of sp³-hybridized carbons (Fsp3) is 0.450. The zero-order valence-electron chi connectivity index (χ0n) is 16.4. The maximum Gasteiger partial charge on any atom is 0.331 e. The topological polar surface area (TPSA) is 186 Å². The van der Waals surface area contributed by atoms with E-state index < -0.39 is 49.9 Å². The lowest BCUT2D eigenvalue weighted by Crippen LogP contribution is -2.60. The molecular weight excluding hydrogens is 416 g/mol. The molecule has 0 amide bonds. The average molecular weight is 442 g/mol. The molecule has 1 aliphatic rings. The summed E-state index contributed by atoms with van der Waals surface area (Å²) in [4.78, 5) is 12.2. The minimum absolute atomic E-state index is 0.224. The van der Waals surface area contributed by atoms with Gasteiger partial charge in [-0.3, -0.25) is 0 Å². The Kier molecular flexibility index (Phi) is 9.40. The monoisotopic (exact) mass is 442 g/mol. The Bertz CT molecular complexity index is 791. The standard InChI is InChI=1S/C20H26O11/c21-6-5-12(8-22)10-29-20-18(28)19(17(27)15(9-23)30-20)31-16(26)4-2-11-1-3-13(24)14(25)7-11/h1-5,7,15,17-25,27-28H,6,8-10H2. The Morgan fingerprint density at radius 1 is 1.10 bits per heavy atom. The molecule has 0 saturated carbocycles. The highest BCUT2D eigenvalue weighted by atomic mass is 16.7. The summed E-state index contributed by atoms with van der Waals surface area (Å²) in [7, 11) is 0. The molecular formula is C20H26O11. The van der Waals surface area contributed by atoms with E-state index in [4.69, 9.17) is 19.3 Å². The van der Waals surface area contributed by atoms with Crippen LogP contribution in [0.5, 0.6) is 11.5 Å². The summed E-state index contributed by atoms with van der Waals surface area (Å²) in [5.41, 5.74) is 0.681. The Morgan fingerprint density at radius 3 is 2.45 bits per heavy atom. The molecule has 0 aliphatic carbocycles. The second-order valence-corrected chi connectivity index (χ2v) is 6.70. The molecule has 0 radical (unpaired) electrons. The Balaban J connectivity index is 2.07. The van der Waals surface area contributed by atoms with Crippen molar-refractivity contribution >= 4 is 12.0 Å². The second kappa shape index (κ2) is 11.8. The van der Waals surface area contributed by atoms with Crippen molar-refractivity contribution in [1.29, 1.82) is 0 Å². The number of esters is 1. The molecule has 2 rings (SSSR count). The van der Waals surface area contributed by atoms with Gasteiger partial charge < -0.3 is 50.0 Å². The molecule has 1 fully saturated rings. The van der Waals surface area contributed by atoms with Gasteiger partial charge in [0.25, 0.3) is 0 Å². The molecule has 11 nitrogen and oxygen atoms in total. The van der Waals surface area contributed by atoms with E-state index in [1.807, 2.05) is 0 Å². The summed E-state index contributed by atoms with van der Waals surface area (Å²) in [5, 5.41) is 67.0. The lowest BCUT2D eigenvalue weighted by atomic mass is 9.99. The minimum atomic E-state index is -1.62. The number of aliphatic hydroxyl groups is 5. The number of phenolic OH excluding ortho intramolecular Hbond substituents is 2. The molecule has 1 aromatic carbocycles. The van der Waals surface area contributed by atoms with Gasteiger partial charge in [-0.2, -0.15) is 0 Å². The van der Waals surface area contributed by atoms with Crippen LogP contribution in [0.15, 0.2) is 35.9 Å². The van der Waals surface area contributed by atoms with Gasteiger partial charge in [-0.05, 0) is 29.3 Å². The van der Waals surface area contributed by atoms with E-state index in [1.165, 1.54) is 30.4 Å². The third-order valence-corrected chi connectivity index (χ3v) is 4.50. The molecule has 0 spiro atoms. The molecule has 7 N–H and O–H groups in total. The van der Waals surface area contributed by atoms with Crippen LogP contribution < -0.4 is 0 Å². The number of rotatable bonds is 9. The molecule has 1 aliphatic heterocycles.